The normalized spacial score (nSPS) is 11.2. The van der Waals surface area contributed by atoms with Crippen molar-refractivity contribution >= 4 is 37.8 Å². The summed E-state index contributed by atoms with van der Waals surface area (Å²) in [7, 11) is 0. The summed E-state index contributed by atoms with van der Waals surface area (Å²) in [4.78, 5) is 10.9. The first-order chi connectivity index (χ1) is 8.12. The zero-order valence-electron chi connectivity index (χ0n) is 8.45. The molecule has 0 bridgehead atoms. The smallest absolute Gasteiger partial charge is 0.417 e. The van der Waals surface area contributed by atoms with Crippen LogP contribution in [0.2, 0.25) is 0 Å². The molecule has 0 N–H and O–H groups in total. The van der Waals surface area contributed by atoms with Crippen molar-refractivity contribution < 1.29 is 27.1 Å². The molecule has 0 saturated heterocycles. The Kier molecular flexibility index (Phi) is 4.55. The van der Waals surface area contributed by atoms with Gasteiger partial charge in [-0.1, -0.05) is 22.5 Å². The highest BCUT2D eigenvalue weighted by molar-refractivity contribution is 9.11. The van der Waals surface area contributed by atoms with Crippen LogP contribution in [-0.2, 0) is 11.0 Å². The van der Waals surface area contributed by atoms with Crippen LogP contribution in [0, 0.1) is 0 Å². The van der Waals surface area contributed by atoms with Gasteiger partial charge >= 0.3 is 12.1 Å². The highest BCUT2D eigenvalue weighted by atomic mass is 79.9. The second kappa shape index (κ2) is 5.40. The van der Waals surface area contributed by atoms with Gasteiger partial charge in [-0.25, -0.2) is 4.79 Å². The van der Waals surface area contributed by atoms with Gasteiger partial charge in [0, 0.05) is 4.47 Å². The number of benzene rings is 1. The van der Waals surface area contributed by atoms with Crippen LogP contribution >= 0.6 is 31.9 Å². The molecule has 0 aliphatic rings. The fourth-order valence-corrected chi connectivity index (χ4v) is 2.28. The van der Waals surface area contributed by atoms with Gasteiger partial charge in [-0.05, 0) is 28.1 Å². The van der Waals surface area contributed by atoms with E-state index in [2.05, 4.69) is 43.2 Å². The fourth-order valence-electron chi connectivity index (χ4n) is 0.980. The lowest BCUT2D eigenvalue weighted by molar-refractivity contribution is -0.139. The molecule has 98 valence electrons. The van der Waals surface area contributed by atoms with E-state index in [0.717, 1.165) is 6.07 Å². The largest absolute Gasteiger partial charge is 0.420 e. The van der Waals surface area contributed by atoms with Crippen LogP contribution in [0.4, 0.5) is 17.6 Å². The van der Waals surface area contributed by atoms with Crippen LogP contribution in [0.25, 0.3) is 0 Å². The van der Waals surface area contributed by atoms with E-state index < -0.39 is 29.3 Å². The van der Waals surface area contributed by atoms with E-state index in [0.29, 0.717) is 6.07 Å². The van der Waals surface area contributed by atoms with Gasteiger partial charge in [-0.2, -0.15) is 17.6 Å². The number of carbonyl (C=O) groups excluding carboxylic acids is 1. The predicted octanol–water partition coefficient (Wildman–Crippen LogP) is 4.62. The van der Waals surface area contributed by atoms with Crippen LogP contribution in [0.5, 0.6) is 5.75 Å². The zero-order valence-corrected chi connectivity index (χ0v) is 11.6. The van der Waals surface area contributed by atoms with Crippen molar-refractivity contribution in [2.75, 3.05) is 0 Å². The zero-order chi connectivity index (χ0) is 14.1. The SMILES string of the molecule is C=C(F)C(=O)Oc1cc(C(F)(F)F)c(Br)cc1Br. The van der Waals surface area contributed by atoms with E-state index in [1.54, 1.807) is 0 Å². The number of rotatable bonds is 2. The third kappa shape index (κ3) is 3.55. The molecule has 8 heteroatoms. The van der Waals surface area contributed by atoms with Crippen molar-refractivity contribution in [1.29, 1.82) is 0 Å². The number of carbonyl (C=O) groups is 1. The molecule has 0 fully saturated rings. The molecule has 2 nitrogen and oxygen atoms in total. The van der Waals surface area contributed by atoms with E-state index in [1.807, 2.05) is 0 Å². The Morgan fingerprint density at radius 2 is 1.78 bits per heavy atom. The van der Waals surface area contributed by atoms with Gasteiger partial charge in [0.2, 0.25) is 5.83 Å². The maximum absolute atomic E-state index is 12.6. The van der Waals surface area contributed by atoms with E-state index in [4.69, 9.17) is 0 Å². The number of hydrogen-bond donors (Lipinski definition) is 0. The summed E-state index contributed by atoms with van der Waals surface area (Å²) in [6.45, 7) is 2.68. The minimum absolute atomic E-state index is 0.0666. The van der Waals surface area contributed by atoms with Crippen molar-refractivity contribution in [3.63, 3.8) is 0 Å². The van der Waals surface area contributed by atoms with Crippen LogP contribution < -0.4 is 4.74 Å². The Hall–Kier alpha value is -0.890. The molecule has 0 spiro atoms. The molecule has 0 unspecified atom stereocenters. The Morgan fingerprint density at radius 1 is 1.22 bits per heavy atom. The van der Waals surface area contributed by atoms with E-state index in [-0.39, 0.29) is 8.95 Å². The molecule has 0 aliphatic heterocycles. The van der Waals surface area contributed by atoms with Gasteiger partial charge in [-0.3, -0.25) is 0 Å². The maximum Gasteiger partial charge on any atom is 0.417 e. The summed E-state index contributed by atoms with van der Waals surface area (Å²) in [5, 5.41) is 0. The number of ether oxygens (including phenoxy) is 1. The first-order valence-corrected chi connectivity index (χ1v) is 5.84. The summed E-state index contributed by atoms with van der Waals surface area (Å²) in [6.07, 6.45) is -4.63. The van der Waals surface area contributed by atoms with Crippen LogP contribution in [0.15, 0.2) is 33.5 Å². The van der Waals surface area contributed by atoms with Gasteiger partial charge in [0.05, 0.1) is 10.0 Å². The average molecular weight is 392 g/mol. The van der Waals surface area contributed by atoms with Gasteiger partial charge in [-0.15, -0.1) is 0 Å². The topological polar surface area (TPSA) is 26.3 Å². The predicted molar refractivity (Wildman–Crippen MR) is 62.7 cm³/mol. The number of esters is 1. The first kappa shape index (κ1) is 15.2. The highest BCUT2D eigenvalue weighted by Gasteiger charge is 2.34. The Labute approximate surface area is 116 Å². The second-order valence-electron chi connectivity index (χ2n) is 3.05. The molecule has 1 aromatic rings. The first-order valence-electron chi connectivity index (χ1n) is 4.25. The highest BCUT2D eigenvalue weighted by Crippen LogP contribution is 2.40. The van der Waals surface area contributed by atoms with Gasteiger partial charge < -0.3 is 4.74 Å². The summed E-state index contributed by atoms with van der Waals surface area (Å²) in [5.41, 5.74) is -1.04. The molecular weight excluding hydrogens is 388 g/mol. The van der Waals surface area contributed by atoms with Crippen molar-refractivity contribution in [3.8, 4) is 5.75 Å². The van der Waals surface area contributed by atoms with Gasteiger partial charge in [0.25, 0.3) is 0 Å². The molecule has 0 aliphatic carbocycles. The molecule has 0 amide bonds. The van der Waals surface area contributed by atoms with Crippen molar-refractivity contribution in [1.82, 2.24) is 0 Å². The third-order valence-corrected chi connectivity index (χ3v) is 3.03. The van der Waals surface area contributed by atoms with Crippen LogP contribution in [0.1, 0.15) is 5.56 Å². The summed E-state index contributed by atoms with van der Waals surface area (Å²) in [6, 6.07) is 1.63. The van der Waals surface area contributed by atoms with E-state index in [9.17, 15) is 22.4 Å². The van der Waals surface area contributed by atoms with Crippen LogP contribution in [0.3, 0.4) is 0 Å². The molecule has 1 rings (SSSR count). The van der Waals surface area contributed by atoms with Gasteiger partial charge in [0.1, 0.15) is 5.75 Å². The molecule has 0 radical (unpaired) electrons. The number of hydrogen-bond acceptors (Lipinski definition) is 2. The van der Waals surface area contributed by atoms with Gasteiger partial charge in [0.15, 0.2) is 0 Å². The average Bonchev–Trinajstić information content (AvgIpc) is 2.19. The molecule has 0 heterocycles. The van der Waals surface area contributed by atoms with Crippen molar-refractivity contribution in [2.24, 2.45) is 0 Å². The molecule has 0 aromatic heterocycles. The summed E-state index contributed by atoms with van der Waals surface area (Å²) in [5.74, 6) is -3.31. The summed E-state index contributed by atoms with van der Waals surface area (Å²) >= 11 is 5.63. The minimum Gasteiger partial charge on any atom is -0.420 e. The maximum atomic E-state index is 12.6. The monoisotopic (exact) mass is 390 g/mol. The lowest BCUT2D eigenvalue weighted by Crippen LogP contribution is -2.11. The number of alkyl halides is 3. The Balaban J connectivity index is 3.22. The second-order valence-corrected chi connectivity index (χ2v) is 4.76. The lowest BCUT2D eigenvalue weighted by Gasteiger charge is -2.12. The standard InChI is InChI=1S/C10H4Br2F4O2/c1-4(13)9(17)18-8-2-5(10(14,15)16)6(11)3-7(8)12/h2-3H,1H2. The lowest BCUT2D eigenvalue weighted by atomic mass is 10.2. The molecule has 18 heavy (non-hydrogen) atoms. The molecule has 1 aromatic carbocycles. The van der Waals surface area contributed by atoms with E-state index in [1.165, 1.54) is 0 Å². The molecule has 0 atom stereocenters. The molecule has 0 saturated carbocycles. The summed E-state index contributed by atoms with van der Waals surface area (Å²) < 4.78 is 54.4. The van der Waals surface area contributed by atoms with Crippen LogP contribution in [-0.4, -0.2) is 5.97 Å². The fraction of sp³-hybridized carbons (Fsp3) is 0.100. The van der Waals surface area contributed by atoms with E-state index >= 15 is 0 Å². The molecular formula is C10H4Br2F4O2. The third-order valence-electron chi connectivity index (χ3n) is 1.75. The number of halogens is 6. The van der Waals surface area contributed by atoms with Crippen molar-refractivity contribution in [3.05, 3.63) is 39.0 Å². The van der Waals surface area contributed by atoms with Crippen molar-refractivity contribution in [2.45, 2.75) is 6.18 Å². The minimum atomic E-state index is -4.63. The Morgan fingerprint density at radius 3 is 2.22 bits per heavy atom. The Bertz CT molecular complexity index is 511. The quantitative estimate of drug-likeness (QED) is 0.318.